The summed E-state index contributed by atoms with van der Waals surface area (Å²) in [4.78, 5) is 28.9. The minimum Gasteiger partial charge on any atom is -0.483 e. The van der Waals surface area contributed by atoms with Crippen molar-refractivity contribution in [3.05, 3.63) is 100 Å². The summed E-state index contributed by atoms with van der Waals surface area (Å²) in [6, 6.07) is 24.7. The lowest BCUT2D eigenvalue weighted by atomic mass is 9.86. The SMILES string of the molecule is CCCNC(=O)[C@@H](Cc1ccccc1)N(Cc1cccc(Br)c1)C(=O)COc1ccccc1C(C)(C)C. The van der Waals surface area contributed by atoms with Crippen LogP contribution in [0.15, 0.2) is 83.3 Å². The van der Waals surface area contributed by atoms with E-state index in [1.54, 1.807) is 4.90 Å². The molecule has 0 saturated carbocycles. The number of nitrogens with zero attached hydrogens (tertiary/aromatic N) is 1. The van der Waals surface area contributed by atoms with Crippen LogP contribution in [0, 0.1) is 0 Å². The monoisotopic (exact) mass is 564 g/mol. The van der Waals surface area contributed by atoms with Crippen LogP contribution in [0.1, 0.15) is 50.8 Å². The molecule has 0 saturated heterocycles. The molecule has 0 bridgehead atoms. The predicted molar refractivity (Wildman–Crippen MR) is 153 cm³/mol. The predicted octanol–water partition coefficient (Wildman–Crippen LogP) is 6.29. The standard InChI is InChI=1S/C31H37BrN2O3/c1-5-18-33-30(36)27(20-23-12-7-6-8-13-23)34(21-24-14-11-15-25(32)19-24)29(35)22-37-28-17-10-9-16-26(28)31(2,3)4/h6-17,19,27H,5,18,20-22H2,1-4H3,(H,33,36)/t27-/m1/s1. The van der Waals surface area contributed by atoms with Gasteiger partial charge in [-0.2, -0.15) is 0 Å². The van der Waals surface area contributed by atoms with E-state index >= 15 is 0 Å². The first-order valence-corrected chi connectivity index (χ1v) is 13.6. The Hall–Kier alpha value is -3.12. The number of para-hydroxylation sites is 1. The second-order valence-corrected chi connectivity index (χ2v) is 11.1. The van der Waals surface area contributed by atoms with Crippen LogP contribution in [0.4, 0.5) is 0 Å². The van der Waals surface area contributed by atoms with Crippen molar-refractivity contribution in [2.75, 3.05) is 13.2 Å². The van der Waals surface area contributed by atoms with Crippen molar-refractivity contribution in [3.63, 3.8) is 0 Å². The molecule has 3 rings (SSSR count). The van der Waals surface area contributed by atoms with Crippen molar-refractivity contribution in [1.82, 2.24) is 10.2 Å². The summed E-state index contributed by atoms with van der Waals surface area (Å²) in [6.07, 6.45) is 1.23. The number of amides is 2. The molecule has 196 valence electrons. The Morgan fingerprint density at radius 3 is 2.30 bits per heavy atom. The molecule has 2 amide bonds. The van der Waals surface area contributed by atoms with E-state index in [1.807, 2.05) is 85.8 Å². The fourth-order valence-electron chi connectivity index (χ4n) is 4.19. The Morgan fingerprint density at radius 1 is 0.946 bits per heavy atom. The van der Waals surface area contributed by atoms with Gasteiger partial charge in [0.15, 0.2) is 6.61 Å². The first-order chi connectivity index (χ1) is 17.7. The first-order valence-electron chi connectivity index (χ1n) is 12.8. The molecule has 37 heavy (non-hydrogen) atoms. The van der Waals surface area contributed by atoms with Crippen molar-refractivity contribution in [3.8, 4) is 5.75 Å². The van der Waals surface area contributed by atoms with Crippen LogP contribution >= 0.6 is 15.9 Å². The van der Waals surface area contributed by atoms with E-state index in [-0.39, 0.29) is 23.8 Å². The molecule has 1 atom stereocenters. The van der Waals surface area contributed by atoms with Crippen molar-refractivity contribution in [1.29, 1.82) is 0 Å². The van der Waals surface area contributed by atoms with E-state index in [9.17, 15) is 9.59 Å². The van der Waals surface area contributed by atoms with Crippen molar-refractivity contribution >= 4 is 27.7 Å². The highest BCUT2D eigenvalue weighted by atomic mass is 79.9. The van der Waals surface area contributed by atoms with E-state index in [4.69, 9.17) is 4.74 Å². The molecule has 6 heteroatoms. The summed E-state index contributed by atoms with van der Waals surface area (Å²) in [5.41, 5.74) is 2.82. The average Bonchev–Trinajstić information content (AvgIpc) is 2.88. The minimum atomic E-state index is -0.679. The lowest BCUT2D eigenvalue weighted by Gasteiger charge is -2.32. The van der Waals surface area contributed by atoms with E-state index in [0.717, 1.165) is 27.6 Å². The zero-order valence-electron chi connectivity index (χ0n) is 22.2. The van der Waals surface area contributed by atoms with Gasteiger partial charge < -0.3 is 15.0 Å². The number of rotatable bonds is 11. The summed E-state index contributed by atoms with van der Waals surface area (Å²) in [5.74, 6) is 0.279. The highest BCUT2D eigenvalue weighted by molar-refractivity contribution is 9.10. The second kappa shape index (κ2) is 13.4. The number of carbonyl (C=O) groups is 2. The Morgan fingerprint density at radius 2 is 1.62 bits per heavy atom. The molecule has 0 fully saturated rings. The van der Waals surface area contributed by atoms with Crippen LogP contribution in [0.2, 0.25) is 0 Å². The maximum Gasteiger partial charge on any atom is 0.261 e. The van der Waals surface area contributed by atoms with Crippen molar-refractivity contribution in [2.45, 2.75) is 58.5 Å². The fourth-order valence-corrected chi connectivity index (χ4v) is 4.63. The van der Waals surface area contributed by atoms with Gasteiger partial charge in [0.25, 0.3) is 5.91 Å². The van der Waals surface area contributed by atoms with Crippen LogP contribution in [0.5, 0.6) is 5.75 Å². The van der Waals surface area contributed by atoms with Gasteiger partial charge in [-0.15, -0.1) is 0 Å². The van der Waals surface area contributed by atoms with Crippen LogP contribution < -0.4 is 10.1 Å². The number of hydrogen-bond acceptors (Lipinski definition) is 3. The molecule has 1 N–H and O–H groups in total. The third-order valence-electron chi connectivity index (χ3n) is 6.11. The topological polar surface area (TPSA) is 58.6 Å². The van der Waals surface area contributed by atoms with Gasteiger partial charge in [0, 0.05) is 24.0 Å². The van der Waals surface area contributed by atoms with Crippen LogP contribution in [0.25, 0.3) is 0 Å². The smallest absolute Gasteiger partial charge is 0.261 e. The second-order valence-electron chi connectivity index (χ2n) is 10.2. The number of nitrogens with one attached hydrogen (secondary N) is 1. The van der Waals surface area contributed by atoms with Gasteiger partial charge in [0.1, 0.15) is 11.8 Å². The first kappa shape index (κ1) is 28.5. The van der Waals surface area contributed by atoms with Gasteiger partial charge in [0.2, 0.25) is 5.91 Å². The Labute approximate surface area is 229 Å². The van der Waals surface area contributed by atoms with E-state index in [2.05, 4.69) is 42.0 Å². The number of halogens is 1. The van der Waals surface area contributed by atoms with Gasteiger partial charge in [-0.05, 0) is 46.7 Å². The summed E-state index contributed by atoms with van der Waals surface area (Å²) < 4.78 is 7.02. The number of hydrogen-bond donors (Lipinski definition) is 1. The van der Waals surface area contributed by atoms with Crippen molar-refractivity contribution in [2.24, 2.45) is 0 Å². The minimum absolute atomic E-state index is 0.133. The van der Waals surface area contributed by atoms with Gasteiger partial charge in [0.05, 0.1) is 0 Å². The van der Waals surface area contributed by atoms with E-state index in [1.165, 1.54) is 0 Å². The molecule has 0 aliphatic carbocycles. The third-order valence-corrected chi connectivity index (χ3v) is 6.60. The molecule has 0 aliphatic heterocycles. The third kappa shape index (κ3) is 8.46. The molecule has 3 aromatic carbocycles. The number of benzene rings is 3. The van der Waals surface area contributed by atoms with Gasteiger partial charge in [-0.1, -0.05) is 104 Å². The molecule has 0 unspecified atom stereocenters. The molecule has 5 nitrogen and oxygen atoms in total. The highest BCUT2D eigenvalue weighted by Gasteiger charge is 2.31. The van der Waals surface area contributed by atoms with E-state index in [0.29, 0.717) is 25.3 Å². The summed E-state index contributed by atoms with van der Waals surface area (Å²) in [5, 5.41) is 3.01. The van der Waals surface area contributed by atoms with Crippen molar-refractivity contribution < 1.29 is 14.3 Å². The van der Waals surface area contributed by atoms with Crippen LogP contribution in [0.3, 0.4) is 0 Å². The number of carbonyl (C=O) groups excluding carboxylic acids is 2. The zero-order chi connectivity index (χ0) is 26.8. The van der Waals surface area contributed by atoms with E-state index < -0.39 is 6.04 Å². The maximum atomic E-state index is 13.8. The summed E-state index contributed by atoms with van der Waals surface area (Å²) in [6.45, 7) is 9.04. The molecular weight excluding hydrogens is 528 g/mol. The molecule has 0 radical (unpaired) electrons. The molecule has 0 aliphatic rings. The molecule has 0 aromatic heterocycles. The Balaban J connectivity index is 1.93. The quantitative estimate of drug-likeness (QED) is 0.297. The lowest BCUT2D eigenvalue weighted by Crippen LogP contribution is -2.51. The molecule has 3 aromatic rings. The summed E-state index contributed by atoms with van der Waals surface area (Å²) >= 11 is 3.52. The number of ether oxygens (including phenoxy) is 1. The molecule has 0 spiro atoms. The van der Waals surface area contributed by atoms with Crippen LogP contribution in [-0.2, 0) is 28.0 Å². The fraction of sp³-hybridized carbons (Fsp3) is 0.355. The molecular formula is C31H37BrN2O3. The molecule has 0 heterocycles. The Bertz CT molecular complexity index is 1170. The highest BCUT2D eigenvalue weighted by Crippen LogP contribution is 2.31. The van der Waals surface area contributed by atoms with Gasteiger partial charge >= 0.3 is 0 Å². The average molecular weight is 566 g/mol. The summed E-state index contributed by atoms with van der Waals surface area (Å²) in [7, 11) is 0. The van der Waals surface area contributed by atoms with Gasteiger partial charge in [-0.3, -0.25) is 9.59 Å². The maximum absolute atomic E-state index is 13.8. The zero-order valence-corrected chi connectivity index (χ0v) is 23.8. The largest absolute Gasteiger partial charge is 0.483 e. The lowest BCUT2D eigenvalue weighted by molar-refractivity contribution is -0.142. The van der Waals surface area contributed by atoms with Gasteiger partial charge in [-0.25, -0.2) is 0 Å². The normalized spacial score (nSPS) is 12.0. The Kier molecular flexibility index (Phi) is 10.3. The van der Waals surface area contributed by atoms with Crippen LogP contribution in [-0.4, -0.2) is 35.9 Å².